The van der Waals surface area contributed by atoms with Gasteiger partial charge in [0, 0.05) is 43.6 Å². The molecule has 0 radical (unpaired) electrons. The first-order chi connectivity index (χ1) is 18.4. The average Bonchev–Trinajstić information content (AvgIpc) is 2.92. The summed E-state index contributed by atoms with van der Waals surface area (Å²) in [4.78, 5) is 27.8. The number of fused-ring (bicyclic) bond motifs is 4. The lowest BCUT2D eigenvalue weighted by Crippen LogP contribution is -2.16. The molecule has 5 aromatic rings. The van der Waals surface area contributed by atoms with Crippen LogP contribution in [0.25, 0.3) is 43.6 Å². The van der Waals surface area contributed by atoms with Gasteiger partial charge in [0.05, 0.1) is 22.1 Å². The monoisotopic (exact) mass is 636 g/mol. The van der Waals surface area contributed by atoms with E-state index in [4.69, 9.17) is 0 Å². The quantitative estimate of drug-likeness (QED) is 0.113. The molecule has 0 unspecified atom stereocenters. The first-order valence-corrected chi connectivity index (χ1v) is 15.4. The van der Waals surface area contributed by atoms with Gasteiger partial charge in [-0.25, -0.2) is 0 Å². The van der Waals surface area contributed by atoms with E-state index in [0.29, 0.717) is 21.5 Å². The van der Waals surface area contributed by atoms with E-state index < -0.39 is 0 Å². The van der Waals surface area contributed by atoms with E-state index in [2.05, 4.69) is 54.8 Å². The van der Waals surface area contributed by atoms with Gasteiger partial charge in [-0.15, -0.1) is 0 Å². The van der Waals surface area contributed by atoms with E-state index in [1.807, 2.05) is 48.5 Å². The van der Waals surface area contributed by atoms with Gasteiger partial charge in [0.2, 0.25) is 0 Å². The number of benzene rings is 3. The van der Waals surface area contributed by atoms with E-state index in [1.54, 1.807) is 0 Å². The van der Waals surface area contributed by atoms with Crippen molar-refractivity contribution in [3.8, 4) is 0 Å². The minimum Gasteiger partial charge on any atom is -0.340 e. The van der Waals surface area contributed by atoms with Crippen LogP contribution in [0.4, 0.5) is 0 Å². The van der Waals surface area contributed by atoms with Crippen LogP contribution in [0.5, 0.6) is 0 Å². The van der Waals surface area contributed by atoms with Crippen molar-refractivity contribution in [1.29, 1.82) is 0 Å². The minimum absolute atomic E-state index is 0.0175. The fraction of sp³-hybridized carbons (Fsp3) is 0.375. The lowest BCUT2D eigenvalue weighted by atomic mass is 10.0. The van der Waals surface area contributed by atoms with Crippen molar-refractivity contribution >= 4 is 75.5 Å². The van der Waals surface area contributed by atoms with Crippen LogP contribution in [0.15, 0.2) is 67.1 Å². The summed E-state index contributed by atoms with van der Waals surface area (Å²) < 4.78 is 6.29. The van der Waals surface area contributed by atoms with E-state index in [0.717, 1.165) is 69.8 Å². The summed E-state index contributed by atoms with van der Waals surface area (Å²) in [6, 6.07) is 15.9. The number of hydrogen-bond donors (Lipinski definition) is 0. The third-order valence-corrected chi connectivity index (χ3v) is 8.63. The maximum atomic E-state index is 13.9. The number of halogens is 2. The van der Waals surface area contributed by atoms with Crippen LogP contribution < -0.4 is 10.9 Å². The molecule has 198 valence electrons. The van der Waals surface area contributed by atoms with Gasteiger partial charge < -0.3 is 9.13 Å². The second-order valence-electron chi connectivity index (χ2n) is 10.3. The lowest BCUT2D eigenvalue weighted by Gasteiger charge is -2.19. The van der Waals surface area contributed by atoms with Gasteiger partial charge in [-0.1, -0.05) is 84.2 Å². The smallest absolute Gasteiger partial charge is 0.197 e. The van der Waals surface area contributed by atoms with Gasteiger partial charge in [0.15, 0.2) is 10.9 Å². The summed E-state index contributed by atoms with van der Waals surface area (Å²) in [5.41, 5.74) is 3.57. The Hall–Kier alpha value is -2.44. The third kappa shape index (κ3) is 5.10. The lowest BCUT2D eigenvalue weighted by molar-refractivity contribution is 0.600. The van der Waals surface area contributed by atoms with Crippen molar-refractivity contribution in [3.05, 3.63) is 77.9 Å². The minimum atomic E-state index is 0.0175. The number of aryl methyl sites for hydroxylation is 2. The molecular formula is C32H34Br2N2O2. The summed E-state index contributed by atoms with van der Waals surface area (Å²) in [6.45, 7) is 6.04. The van der Waals surface area contributed by atoms with Crippen LogP contribution in [-0.4, -0.2) is 9.13 Å². The zero-order valence-corrected chi connectivity index (χ0v) is 25.3. The molecule has 0 atom stereocenters. The Bertz CT molecular complexity index is 1640. The van der Waals surface area contributed by atoms with Gasteiger partial charge in [0.1, 0.15) is 0 Å². The Balaban J connectivity index is 1.85. The van der Waals surface area contributed by atoms with Gasteiger partial charge in [-0.05, 0) is 61.4 Å². The Kier molecular flexibility index (Phi) is 8.39. The molecule has 6 heteroatoms. The van der Waals surface area contributed by atoms with Crippen molar-refractivity contribution < 1.29 is 0 Å². The molecule has 0 aliphatic rings. The summed E-state index contributed by atoms with van der Waals surface area (Å²) in [5, 5.41) is 2.78. The van der Waals surface area contributed by atoms with Gasteiger partial charge in [-0.2, -0.15) is 0 Å². The van der Waals surface area contributed by atoms with Crippen LogP contribution in [0, 0.1) is 0 Å². The maximum Gasteiger partial charge on any atom is 0.197 e. The number of rotatable bonds is 10. The molecule has 38 heavy (non-hydrogen) atoms. The predicted molar refractivity (Wildman–Crippen MR) is 169 cm³/mol. The van der Waals surface area contributed by atoms with E-state index in [1.165, 1.54) is 25.7 Å². The highest BCUT2D eigenvalue weighted by molar-refractivity contribution is 9.10. The second-order valence-corrected chi connectivity index (χ2v) is 12.1. The van der Waals surface area contributed by atoms with Crippen LogP contribution in [0.2, 0.25) is 0 Å². The summed E-state index contributed by atoms with van der Waals surface area (Å²) in [5.74, 6) is 0. The van der Waals surface area contributed by atoms with Crippen molar-refractivity contribution in [2.24, 2.45) is 0 Å². The Morgan fingerprint density at radius 1 is 0.526 bits per heavy atom. The van der Waals surface area contributed by atoms with Crippen molar-refractivity contribution in [2.75, 3.05) is 0 Å². The average molecular weight is 638 g/mol. The number of unbranched alkanes of at least 4 members (excludes halogenated alkanes) is 6. The molecule has 2 aromatic heterocycles. The molecule has 0 N–H and O–H groups in total. The molecule has 0 spiro atoms. The number of hydrogen-bond acceptors (Lipinski definition) is 2. The number of aromatic nitrogens is 2. The van der Waals surface area contributed by atoms with Crippen LogP contribution in [0.3, 0.4) is 0 Å². The Morgan fingerprint density at radius 2 is 0.921 bits per heavy atom. The topological polar surface area (TPSA) is 44.0 Å². The first-order valence-electron chi connectivity index (χ1n) is 13.9. The van der Waals surface area contributed by atoms with Crippen molar-refractivity contribution in [1.82, 2.24) is 9.13 Å². The zero-order valence-electron chi connectivity index (χ0n) is 22.2. The molecule has 0 saturated carbocycles. The van der Waals surface area contributed by atoms with Crippen molar-refractivity contribution in [3.63, 3.8) is 0 Å². The molecule has 0 bridgehead atoms. The molecule has 0 aliphatic carbocycles. The van der Waals surface area contributed by atoms with Gasteiger partial charge >= 0.3 is 0 Å². The highest BCUT2D eigenvalue weighted by Gasteiger charge is 2.17. The van der Waals surface area contributed by atoms with Crippen LogP contribution in [-0.2, 0) is 13.1 Å². The second kappa shape index (κ2) is 11.7. The van der Waals surface area contributed by atoms with E-state index in [-0.39, 0.29) is 10.9 Å². The molecule has 2 heterocycles. The molecule has 3 aromatic carbocycles. The predicted octanol–water partition coefficient (Wildman–Crippen LogP) is 9.31. The molecular weight excluding hydrogens is 604 g/mol. The van der Waals surface area contributed by atoms with E-state index >= 15 is 0 Å². The highest BCUT2D eigenvalue weighted by atomic mass is 79.9. The standard InChI is InChI=1S/C32H34Br2N2O2/c1-3-5-7-9-15-35-27-13-11-21(33)17-23(27)31(37)25-20-30-26(19-29(25)35)32(38)24-18-22(34)12-14-28(24)36(30)16-10-8-6-4-2/h11-14,17-20H,3-10,15-16H2,1-2H3. The van der Waals surface area contributed by atoms with Crippen LogP contribution >= 0.6 is 31.9 Å². The van der Waals surface area contributed by atoms with Crippen LogP contribution in [0.1, 0.15) is 65.2 Å². The maximum absolute atomic E-state index is 13.9. The summed E-state index contributed by atoms with van der Waals surface area (Å²) in [6.07, 6.45) is 9.05. The number of pyridine rings is 2. The normalized spacial score (nSPS) is 11.9. The highest BCUT2D eigenvalue weighted by Crippen LogP contribution is 2.29. The molecule has 0 saturated heterocycles. The molecule has 0 amide bonds. The van der Waals surface area contributed by atoms with Crippen molar-refractivity contribution in [2.45, 2.75) is 78.3 Å². The Morgan fingerprint density at radius 3 is 1.32 bits per heavy atom. The van der Waals surface area contributed by atoms with Gasteiger partial charge in [-0.3, -0.25) is 9.59 Å². The Labute approximate surface area is 239 Å². The first kappa shape index (κ1) is 27.1. The van der Waals surface area contributed by atoms with E-state index in [9.17, 15) is 9.59 Å². The summed E-state index contributed by atoms with van der Waals surface area (Å²) in [7, 11) is 0. The summed E-state index contributed by atoms with van der Waals surface area (Å²) >= 11 is 7.13. The molecule has 4 nitrogen and oxygen atoms in total. The van der Waals surface area contributed by atoms with Gasteiger partial charge in [0.25, 0.3) is 0 Å². The largest absolute Gasteiger partial charge is 0.340 e. The zero-order chi connectivity index (χ0) is 26.8. The molecule has 0 fully saturated rings. The molecule has 0 aliphatic heterocycles. The molecule has 5 rings (SSSR count). The SMILES string of the molecule is CCCCCCn1c2ccc(Br)cc2c(=O)c2cc3c(cc21)c(=O)c1cc(Br)ccc1n3CCCCCC. The fourth-order valence-corrected chi connectivity index (χ4v) is 6.39. The fourth-order valence-electron chi connectivity index (χ4n) is 5.66. The third-order valence-electron chi connectivity index (χ3n) is 7.64. The number of nitrogens with zero attached hydrogens (tertiary/aromatic N) is 2.